The molecule has 0 aliphatic carbocycles. The number of benzene rings is 2. The van der Waals surface area contributed by atoms with Gasteiger partial charge >= 0.3 is 5.97 Å². The van der Waals surface area contributed by atoms with Crippen molar-refractivity contribution >= 4 is 59.2 Å². The third-order valence-electron chi connectivity index (χ3n) is 9.00. The molecule has 2 aromatic carbocycles. The maximum atomic E-state index is 13.7. The van der Waals surface area contributed by atoms with E-state index in [1.54, 1.807) is 28.4 Å². The lowest BCUT2D eigenvalue weighted by Gasteiger charge is -2.49. The van der Waals surface area contributed by atoms with Gasteiger partial charge in [-0.15, -0.1) is 11.3 Å². The van der Waals surface area contributed by atoms with Gasteiger partial charge in [-0.05, 0) is 54.9 Å². The lowest BCUT2D eigenvalue weighted by molar-refractivity contribution is -0.384. The van der Waals surface area contributed by atoms with Crippen LogP contribution in [-0.2, 0) is 25.4 Å². The Morgan fingerprint density at radius 1 is 1.16 bits per heavy atom. The number of non-ortho nitro benzene ring substituents is 1. The zero-order valence-electron chi connectivity index (χ0n) is 26.1. The molecule has 1 amide bonds. The predicted octanol–water partition coefficient (Wildman–Crippen LogP) is 7.18. The third kappa shape index (κ3) is 6.58. The minimum absolute atomic E-state index is 0.0450. The SMILES string of the molecule is CC[Si](CC)(CC)O[C@H](C)[C@H]1C(=O)N2C(C(=O)OCc3ccc([N+](=O)[O-])cc3)=C(C#CCSc3nc4ccccc4s3)[C@H](C)[C@H]12. The van der Waals surface area contributed by atoms with Crippen LogP contribution in [0.5, 0.6) is 0 Å². The summed E-state index contributed by atoms with van der Waals surface area (Å²) in [7, 11) is -1.96. The van der Waals surface area contributed by atoms with Crippen LogP contribution in [0.15, 0.2) is 64.1 Å². The standard InChI is InChI=1S/C33H37N3O6S2Si/c1-6-45(7-2,8-3)42-22(5)28-29-21(4)25(12-11-19-43-33-34-26-13-9-10-14-27(26)44-33)30(35(29)31(28)37)32(38)41-20-23-15-17-24(18-16-23)36(39)40/h9-10,13-18,21-22,28-29H,6-8,19-20H2,1-5H3/t21-,22+,28+,29+/m0/s1. The topological polar surface area (TPSA) is 112 Å². The summed E-state index contributed by atoms with van der Waals surface area (Å²) >= 11 is 3.15. The number of esters is 1. The number of thioether (sulfide) groups is 1. The minimum Gasteiger partial charge on any atom is -0.456 e. The van der Waals surface area contributed by atoms with Gasteiger partial charge in [0.15, 0.2) is 12.7 Å². The van der Waals surface area contributed by atoms with Crippen LogP contribution in [-0.4, -0.2) is 52.9 Å². The Kier molecular flexibility index (Phi) is 10.1. The maximum absolute atomic E-state index is 13.7. The van der Waals surface area contributed by atoms with E-state index in [2.05, 4.69) is 37.6 Å². The Balaban J connectivity index is 1.37. The van der Waals surface area contributed by atoms with Gasteiger partial charge in [-0.2, -0.15) is 0 Å². The van der Waals surface area contributed by atoms with Crippen molar-refractivity contribution < 1.29 is 23.7 Å². The molecule has 236 valence electrons. The zero-order valence-corrected chi connectivity index (χ0v) is 28.7. The molecule has 4 atom stereocenters. The van der Waals surface area contributed by atoms with Crippen LogP contribution >= 0.6 is 23.1 Å². The Morgan fingerprint density at radius 3 is 2.49 bits per heavy atom. The second-order valence-electron chi connectivity index (χ2n) is 11.4. The molecule has 0 saturated carbocycles. The summed E-state index contributed by atoms with van der Waals surface area (Å²) in [5, 5.41) is 11.0. The molecule has 0 spiro atoms. The number of amides is 1. The number of β-lactam (4-membered cyclic amide) rings is 1. The average molecular weight is 664 g/mol. The van der Waals surface area contributed by atoms with Gasteiger partial charge in [0.25, 0.3) is 5.69 Å². The molecule has 0 radical (unpaired) electrons. The number of nitro groups is 1. The summed E-state index contributed by atoms with van der Waals surface area (Å²) in [5.74, 6) is 5.58. The van der Waals surface area contributed by atoms with Crippen molar-refractivity contribution in [3.8, 4) is 11.8 Å². The molecule has 45 heavy (non-hydrogen) atoms. The van der Waals surface area contributed by atoms with Crippen LogP contribution in [0.4, 0.5) is 5.69 Å². The highest BCUT2D eigenvalue weighted by Gasteiger charge is 2.61. The van der Waals surface area contributed by atoms with Crippen LogP contribution in [0.2, 0.25) is 18.1 Å². The van der Waals surface area contributed by atoms with Gasteiger partial charge in [0, 0.05) is 23.6 Å². The number of ether oxygens (including phenoxy) is 1. The van der Waals surface area contributed by atoms with Crippen molar-refractivity contribution in [1.82, 2.24) is 9.88 Å². The number of carbonyl (C=O) groups is 2. The minimum atomic E-state index is -1.96. The van der Waals surface area contributed by atoms with Crippen molar-refractivity contribution in [3.05, 3.63) is 75.5 Å². The van der Waals surface area contributed by atoms with E-state index in [0.717, 1.165) is 32.7 Å². The molecule has 12 heteroatoms. The number of para-hydroxylation sites is 1. The number of nitro benzene ring substituents is 1. The molecule has 0 unspecified atom stereocenters. The first kappa shape index (κ1) is 32.9. The van der Waals surface area contributed by atoms with E-state index >= 15 is 0 Å². The van der Waals surface area contributed by atoms with E-state index in [1.807, 2.05) is 38.1 Å². The van der Waals surface area contributed by atoms with Crippen molar-refractivity contribution in [3.63, 3.8) is 0 Å². The number of aromatic nitrogens is 1. The second kappa shape index (κ2) is 13.9. The summed E-state index contributed by atoms with van der Waals surface area (Å²) in [6.07, 6.45) is -0.271. The monoisotopic (exact) mass is 663 g/mol. The number of carbonyl (C=O) groups excluding carboxylic acids is 2. The van der Waals surface area contributed by atoms with E-state index in [-0.39, 0.29) is 47.9 Å². The number of thiazole rings is 1. The highest BCUT2D eigenvalue weighted by Crippen LogP contribution is 2.48. The summed E-state index contributed by atoms with van der Waals surface area (Å²) in [6.45, 7) is 10.4. The fourth-order valence-electron chi connectivity index (χ4n) is 6.24. The summed E-state index contributed by atoms with van der Waals surface area (Å²) in [4.78, 5) is 44.1. The van der Waals surface area contributed by atoms with Gasteiger partial charge in [-0.25, -0.2) is 9.78 Å². The number of fused-ring (bicyclic) bond motifs is 2. The molecule has 2 aliphatic rings. The summed E-state index contributed by atoms with van der Waals surface area (Å²) in [5.41, 5.74) is 2.29. The fraction of sp³-hybridized carbons (Fsp3) is 0.424. The van der Waals surface area contributed by atoms with Crippen LogP contribution in [0, 0.1) is 33.8 Å². The van der Waals surface area contributed by atoms with Gasteiger partial charge in [0.1, 0.15) is 12.3 Å². The smallest absolute Gasteiger partial charge is 0.356 e. The van der Waals surface area contributed by atoms with E-state index in [4.69, 9.17) is 9.16 Å². The number of hydrogen-bond donors (Lipinski definition) is 0. The summed E-state index contributed by atoms with van der Waals surface area (Å²) < 4.78 is 14.4. The van der Waals surface area contributed by atoms with Gasteiger partial charge in [0.05, 0.1) is 39.0 Å². The molecule has 0 bridgehead atoms. The Morgan fingerprint density at radius 2 is 1.84 bits per heavy atom. The van der Waals surface area contributed by atoms with E-state index in [0.29, 0.717) is 16.9 Å². The number of nitrogens with zero attached hydrogens (tertiary/aromatic N) is 3. The lowest BCUT2D eigenvalue weighted by atomic mass is 9.78. The molecular formula is C33H37N3O6S2Si. The molecule has 0 N–H and O–H groups in total. The van der Waals surface area contributed by atoms with Crippen LogP contribution < -0.4 is 0 Å². The first-order chi connectivity index (χ1) is 21.6. The van der Waals surface area contributed by atoms with Crippen molar-refractivity contribution in [2.45, 2.75) is 75.8 Å². The quantitative estimate of drug-likeness (QED) is 0.0381. The predicted molar refractivity (Wildman–Crippen MR) is 179 cm³/mol. The van der Waals surface area contributed by atoms with Crippen LogP contribution in [0.1, 0.15) is 40.2 Å². The maximum Gasteiger partial charge on any atom is 0.356 e. The molecular weight excluding hydrogens is 627 g/mol. The van der Waals surface area contributed by atoms with Crippen molar-refractivity contribution in [2.24, 2.45) is 11.8 Å². The zero-order chi connectivity index (χ0) is 32.3. The Bertz CT molecular complexity index is 1650. The highest BCUT2D eigenvalue weighted by molar-refractivity contribution is 8.01. The molecule has 1 fully saturated rings. The Hall–Kier alpha value is -3.50. The average Bonchev–Trinajstić information content (AvgIpc) is 3.57. The number of hydrogen-bond acceptors (Lipinski definition) is 9. The molecule has 1 saturated heterocycles. The van der Waals surface area contributed by atoms with Crippen LogP contribution in [0.3, 0.4) is 0 Å². The largest absolute Gasteiger partial charge is 0.456 e. The van der Waals surface area contributed by atoms with E-state index < -0.39 is 19.2 Å². The Labute approximate surface area is 272 Å². The number of rotatable bonds is 12. The van der Waals surface area contributed by atoms with Crippen molar-refractivity contribution in [2.75, 3.05) is 5.75 Å². The van der Waals surface area contributed by atoms with E-state index in [1.165, 1.54) is 23.9 Å². The van der Waals surface area contributed by atoms with E-state index in [9.17, 15) is 19.7 Å². The molecule has 3 heterocycles. The normalized spacial score (nSPS) is 20.0. The van der Waals surface area contributed by atoms with Crippen LogP contribution in [0.25, 0.3) is 10.2 Å². The molecule has 2 aliphatic heterocycles. The van der Waals surface area contributed by atoms with Gasteiger partial charge < -0.3 is 14.1 Å². The van der Waals surface area contributed by atoms with Gasteiger partial charge in [0.2, 0.25) is 5.91 Å². The molecule has 1 aromatic heterocycles. The first-order valence-corrected chi connectivity index (χ1v) is 19.6. The fourth-order valence-corrected chi connectivity index (χ4v) is 11.0. The van der Waals surface area contributed by atoms with Crippen molar-refractivity contribution in [1.29, 1.82) is 0 Å². The molecule has 5 rings (SSSR count). The summed E-state index contributed by atoms with van der Waals surface area (Å²) in [6, 6.07) is 16.5. The molecule has 9 nitrogen and oxygen atoms in total. The highest BCUT2D eigenvalue weighted by atomic mass is 32.2. The molecule has 3 aromatic rings. The lowest BCUT2D eigenvalue weighted by Crippen LogP contribution is -2.65. The van der Waals surface area contributed by atoms with Gasteiger partial charge in [-0.3, -0.25) is 14.9 Å². The second-order valence-corrected chi connectivity index (χ2v) is 18.4. The third-order valence-corrected chi connectivity index (χ3v) is 15.8. The van der Waals surface area contributed by atoms with Gasteiger partial charge in [-0.1, -0.05) is 63.4 Å². The first-order valence-electron chi connectivity index (χ1n) is 15.3.